The fraction of sp³-hybridized carbons (Fsp3) is 0.105. The predicted molar refractivity (Wildman–Crippen MR) is 106 cm³/mol. The maximum Gasteiger partial charge on any atom is 0.230 e. The number of anilines is 2. The van der Waals surface area contributed by atoms with E-state index >= 15 is 0 Å². The van der Waals surface area contributed by atoms with Gasteiger partial charge in [0.05, 0.1) is 12.1 Å². The summed E-state index contributed by atoms with van der Waals surface area (Å²) in [5.74, 6) is -0.259. The number of amides is 2. The minimum Gasteiger partial charge on any atom is -0.326 e. The molecule has 0 unspecified atom stereocenters. The monoisotopic (exact) mass is 385 g/mol. The second-order valence-electron chi connectivity index (χ2n) is 5.64. The van der Waals surface area contributed by atoms with Gasteiger partial charge in [-0.15, -0.1) is 11.3 Å². The molecule has 0 aliphatic heterocycles. The molecule has 3 aromatic rings. The van der Waals surface area contributed by atoms with Gasteiger partial charge in [0.1, 0.15) is 5.01 Å². The summed E-state index contributed by atoms with van der Waals surface area (Å²) in [6, 6.07) is 14.4. The molecule has 0 fully saturated rings. The SMILES string of the molecule is CC(=O)Nc1ccc(-c2nc(CC(=O)Nc3cccc(Cl)c3)cs2)cc1. The van der Waals surface area contributed by atoms with E-state index in [-0.39, 0.29) is 18.2 Å². The summed E-state index contributed by atoms with van der Waals surface area (Å²) in [4.78, 5) is 27.7. The number of aromatic nitrogens is 1. The molecule has 26 heavy (non-hydrogen) atoms. The van der Waals surface area contributed by atoms with Crippen LogP contribution < -0.4 is 10.6 Å². The summed E-state index contributed by atoms with van der Waals surface area (Å²) in [5.41, 5.74) is 3.03. The van der Waals surface area contributed by atoms with Gasteiger partial charge in [0, 0.05) is 34.3 Å². The Bertz CT molecular complexity index is 938. The molecule has 3 rings (SSSR count). The number of benzene rings is 2. The summed E-state index contributed by atoms with van der Waals surface area (Å²) in [5, 5.41) is 8.80. The van der Waals surface area contributed by atoms with Crippen molar-refractivity contribution in [2.45, 2.75) is 13.3 Å². The van der Waals surface area contributed by atoms with Crippen molar-refractivity contribution in [2.24, 2.45) is 0 Å². The molecule has 1 heterocycles. The highest BCUT2D eigenvalue weighted by molar-refractivity contribution is 7.13. The van der Waals surface area contributed by atoms with Crippen LogP contribution in [0.25, 0.3) is 10.6 Å². The third-order valence-electron chi connectivity index (χ3n) is 3.45. The first-order chi connectivity index (χ1) is 12.5. The van der Waals surface area contributed by atoms with Crippen molar-refractivity contribution in [3.05, 3.63) is 64.6 Å². The summed E-state index contributed by atoms with van der Waals surface area (Å²) in [6.45, 7) is 1.47. The maximum absolute atomic E-state index is 12.2. The Hall–Kier alpha value is -2.70. The van der Waals surface area contributed by atoms with Gasteiger partial charge in [0.15, 0.2) is 0 Å². The summed E-state index contributed by atoms with van der Waals surface area (Å²) >= 11 is 7.39. The lowest BCUT2D eigenvalue weighted by Gasteiger charge is -2.04. The Morgan fingerprint density at radius 1 is 1.08 bits per heavy atom. The van der Waals surface area contributed by atoms with Gasteiger partial charge < -0.3 is 10.6 Å². The third kappa shape index (κ3) is 4.91. The van der Waals surface area contributed by atoms with Gasteiger partial charge in [-0.05, 0) is 42.5 Å². The van der Waals surface area contributed by atoms with E-state index in [1.165, 1.54) is 18.3 Å². The van der Waals surface area contributed by atoms with Crippen molar-refractivity contribution in [1.82, 2.24) is 4.98 Å². The highest BCUT2D eigenvalue weighted by Gasteiger charge is 2.10. The number of thiazole rings is 1. The second kappa shape index (κ2) is 8.12. The van der Waals surface area contributed by atoms with Crippen molar-refractivity contribution in [3.63, 3.8) is 0 Å². The summed E-state index contributed by atoms with van der Waals surface area (Å²) in [7, 11) is 0. The Labute approximate surface area is 160 Å². The zero-order chi connectivity index (χ0) is 18.5. The van der Waals surface area contributed by atoms with Crippen molar-refractivity contribution in [2.75, 3.05) is 10.6 Å². The topological polar surface area (TPSA) is 71.1 Å². The minimum absolute atomic E-state index is 0.111. The first-order valence-corrected chi connectivity index (χ1v) is 9.13. The first kappa shape index (κ1) is 18.1. The van der Waals surface area contributed by atoms with Crippen LogP contribution in [0, 0.1) is 0 Å². The molecule has 132 valence electrons. The van der Waals surface area contributed by atoms with E-state index in [9.17, 15) is 9.59 Å². The van der Waals surface area contributed by atoms with E-state index in [2.05, 4.69) is 15.6 Å². The van der Waals surface area contributed by atoms with Gasteiger partial charge >= 0.3 is 0 Å². The molecule has 0 atom stereocenters. The van der Waals surface area contributed by atoms with Crippen LogP contribution in [0.15, 0.2) is 53.9 Å². The molecule has 5 nitrogen and oxygen atoms in total. The van der Waals surface area contributed by atoms with E-state index in [1.54, 1.807) is 24.3 Å². The highest BCUT2D eigenvalue weighted by atomic mass is 35.5. The predicted octanol–water partition coefficient (Wildman–Crippen LogP) is 4.60. The van der Waals surface area contributed by atoms with E-state index < -0.39 is 0 Å². The van der Waals surface area contributed by atoms with Gasteiger partial charge in [-0.2, -0.15) is 0 Å². The lowest BCUT2D eigenvalue weighted by Crippen LogP contribution is -2.14. The number of nitrogens with one attached hydrogen (secondary N) is 2. The molecule has 0 aliphatic carbocycles. The molecule has 0 saturated heterocycles. The standard InChI is InChI=1S/C19H16ClN3O2S/c1-12(24)21-15-7-5-13(6-8-15)19-23-17(11-26-19)10-18(25)22-16-4-2-3-14(20)9-16/h2-9,11H,10H2,1H3,(H,21,24)(H,22,25). The van der Waals surface area contributed by atoms with Crippen LogP contribution >= 0.6 is 22.9 Å². The van der Waals surface area contributed by atoms with Gasteiger partial charge in [-0.25, -0.2) is 4.98 Å². The smallest absolute Gasteiger partial charge is 0.230 e. The van der Waals surface area contributed by atoms with Crippen LogP contribution in [0.1, 0.15) is 12.6 Å². The van der Waals surface area contributed by atoms with Crippen molar-refractivity contribution in [3.8, 4) is 10.6 Å². The van der Waals surface area contributed by atoms with Crippen LogP contribution in [-0.2, 0) is 16.0 Å². The molecule has 0 radical (unpaired) electrons. The van der Waals surface area contributed by atoms with Gasteiger partial charge in [0.2, 0.25) is 11.8 Å². The van der Waals surface area contributed by atoms with Crippen molar-refractivity contribution in [1.29, 1.82) is 0 Å². The molecular weight excluding hydrogens is 370 g/mol. The molecular formula is C19H16ClN3O2S. The lowest BCUT2D eigenvalue weighted by atomic mass is 10.2. The highest BCUT2D eigenvalue weighted by Crippen LogP contribution is 2.25. The molecule has 7 heteroatoms. The quantitative estimate of drug-likeness (QED) is 0.674. The molecule has 0 bridgehead atoms. The van der Waals surface area contributed by atoms with Gasteiger partial charge in [0.25, 0.3) is 0 Å². The van der Waals surface area contributed by atoms with Crippen molar-refractivity contribution < 1.29 is 9.59 Å². The number of rotatable bonds is 5. The minimum atomic E-state index is -0.148. The molecule has 2 aromatic carbocycles. The van der Waals surface area contributed by atoms with E-state index in [0.29, 0.717) is 16.4 Å². The van der Waals surface area contributed by atoms with Crippen LogP contribution in [0.3, 0.4) is 0 Å². The normalized spacial score (nSPS) is 10.4. The number of nitrogens with zero attached hydrogens (tertiary/aromatic N) is 1. The van der Waals surface area contributed by atoms with Crippen molar-refractivity contribution >= 4 is 46.1 Å². The van der Waals surface area contributed by atoms with E-state index in [4.69, 9.17) is 11.6 Å². The second-order valence-corrected chi connectivity index (χ2v) is 6.93. The van der Waals surface area contributed by atoms with Crippen LogP contribution in [0.2, 0.25) is 5.02 Å². The molecule has 0 saturated carbocycles. The average molecular weight is 386 g/mol. The third-order valence-corrected chi connectivity index (χ3v) is 4.63. The maximum atomic E-state index is 12.2. The van der Waals surface area contributed by atoms with E-state index in [0.717, 1.165) is 16.3 Å². The number of carbonyl (C=O) groups excluding carboxylic acids is 2. The molecule has 2 N–H and O–H groups in total. The Kier molecular flexibility index (Phi) is 5.65. The van der Waals surface area contributed by atoms with Crippen LogP contribution in [-0.4, -0.2) is 16.8 Å². The zero-order valence-electron chi connectivity index (χ0n) is 14.0. The summed E-state index contributed by atoms with van der Waals surface area (Å²) < 4.78 is 0. The number of carbonyl (C=O) groups is 2. The number of hydrogen-bond acceptors (Lipinski definition) is 4. The van der Waals surface area contributed by atoms with Crippen LogP contribution in [0.4, 0.5) is 11.4 Å². The first-order valence-electron chi connectivity index (χ1n) is 7.87. The fourth-order valence-corrected chi connectivity index (χ4v) is 3.37. The van der Waals surface area contributed by atoms with Crippen LogP contribution in [0.5, 0.6) is 0 Å². The zero-order valence-corrected chi connectivity index (χ0v) is 15.5. The molecule has 0 spiro atoms. The van der Waals surface area contributed by atoms with E-state index in [1.807, 2.05) is 29.6 Å². The Morgan fingerprint density at radius 2 is 1.85 bits per heavy atom. The lowest BCUT2D eigenvalue weighted by molar-refractivity contribution is -0.116. The fourth-order valence-electron chi connectivity index (χ4n) is 2.36. The average Bonchev–Trinajstić information content (AvgIpc) is 3.03. The Morgan fingerprint density at radius 3 is 2.54 bits per heavy atom. The molecule has 0 aliphatic rings. The van der Waals surface area contributed by atoms with Gasteiger partial charge in [-0.1, -0.05) is 17.7 Å². The Balaban J connectivity index is 1.64. The molecule has 2 amide bonds. The summed E-state index contributed by atoms with van der Waals surface area (Å²) in [6.07, 6.45) is 0.187. The molecule has 1 aromatic heterocycles. The number of hydrogen-bond donors (Lipinski definition) is 2. The largest absolute Gasteiger partial charge is 0.326 e. The number of halogens is 1. The van der Waals surface area contributed by atoms with Gasteiger partial charge in [-0.3, -0.25) is 9.59 Å².